The maximum Gasteiger partial charge on any atom is 0.326 e. The van der Waals surface area contributed by atoms with Gasteiger partial charge < -0.3 is 14.6 Å². The van der Waals surface area contributed by atoms with E-state index in [1.165, 1.54) is 0 Å². The number of aromatic amines is 1. The molecule has 0 spiro atoms. The molecule has 0 aliphatic carbocycles. The Morgan fingerprint density at radius 3 is 2.69 bits per heavy atom. The number of benzene rings is 1. The molecule has 1 N–H and O–H groups in total. The molecule has 6 heteroatoms. The highest BCUT2D eigenvalue weighted by Gasteiger charge is 2.37. The SMILES string of the molecule is CCOCCn1c(=O)[nH]c2cc(C(=O)N3CCC(CC)(CC)C3)ccc21. The number of aromatic nitrogens is 2. The van der Waals surface area contributed by atoms with Crippen molar-refractivity contribution >= 4 is 16.9 Å². The molecule has 26 heavy (non-hydrogen) atoms. The van der Waals surface area contributed by atoms with Crippen molar-refractivity contribution in [1.82, 2.24) is 14.5 Å². The first-order chi connectivity index (χ1) is 12.5. The van der Waals surface area contributed by atoms with Gasteiger partial charge in [-0.2, -0.15) is 0 Å². The molecule has 1 aliphatic heterocycles. The predicted octanol–water partition coefficient (Wildman–Crippen LogP) is 3.02. The second kappa shape index (κ2) is 7.66. The number of carbonyl (C=O) groups excluding carboxylic acids is 1. The molecule has 1 aromatic heterocycles. The van der Waals surface area contributed by atoms with E-state index < -0.39 is 0 Å². The average molecular weight is 359 g/mol. The van der Waals surface area contributed by atoms with Crippen molar-refractivity contribution in [1.29, 1.82) is 0 Å². The summed E-state index contributed by atoms with van der Waals surface area (Å²) < 4.78 is 7.01. The van der Waals surface area contributed by atoms with Gasteiger partial charge in [0, 0.05) is 25.3 Å². The number of hydrogen-bond acceptors (Lipinski definition) is 3. The largest absolute Gasteiger partial charge is 0.380 e. The highest BCUT2D eigenvalue weighted by Crippen LogP contribution is 2.37. The number of hydrogen-bond donors (Lipinski definition) is 1. The van der Waals surface area contributed by atoms with Crippen molar-refractivity contribution in [2.75, 3.05) is 26.3 Å². The number of fused-ring (bicyclic) bond motifs is 1. The molecular weight excluding hydrogens is 330 g/mol. The van der Waals surface area contributed by atoms with Crippen molar-refractivity contribution in [2.45, 2.75) is 46.6 Å². The Hall–Kier alpha value is -2.08. The lowest BCUT2D eigenvalue weighted by Gasteiger charge is -2.26. The summed E-state index contributed by atoms with van der Waals surface area (Å²) in [5.41, 5.74) is 2.24. The van der Waals surface area contributed by atoms with Crippen LogP contribution >= 0.6 is 0 Å². The Morgan fingerprint density at radius 1 is 1.27 bits per heavy atom. The first-order valence-electron chi connectivity index (χ1n) is 9.63. The molecular formula is C20H29N3O3. The summed E-state index contributed by atoms with van der Waals surface area (Å²) in [6.07, 6.45) is 3.27. The molecule has 142 valence electrons. The zero-order valence-corrected chi connectivity index (χ0v) is 16.0. The third kappa shape index (κ3) is 3.43. The van der Waals surface area contributed by atoms with Crippen molar-refractivity contribution < 1.29 is 9.53 Å². The number of H-pyrrole nitrogens is 1. The summed E-state index contributed by atoms with van der Waals surface area (Å²) >= 11 is 0. The Balaban J connectivity index is 1.81. The molecule has 6 nitrogen and oxygen atoms in total. The van der Waals surface area contributed by atoms with Gasteiger partial charge in [-0.15, -0.1) is 0 Å². The van der Waals surface area contributed by atoms with E-state index >= 15 is 0 Å². The zero-order chi connectivity index (χ0) is 18.7. The van der Waals surface area contributed by atoms with Crippen LogP contribution in [0.25, 0.3) is 11.0 Å². The monoisotopic (exact) mass is 359 g/mol. The molecule has 0 unspecified atom stereocenters. The molecule has 1 aromatic carbocycles. The van der Waals surface area contributed by atoms with Gasteiger partial charge in [-0.3, -0.25) is 9.36 Å². The normalized spacial score (nSPS) is 16.5. The Labute approximate surface area is 154 Å². The lowest BCUT2D eigenvalue weighted by molar-refractivity contribution is 0.0770. The Bertz CT molecular complexity index is 832. The average Bonchev–Trinajstić information content (AvgIpc) is 3.23. The summed E-state index contributed by atoms with van der Waals surface area (Å²) in [7, 11) is 0. The zero-order valence-electron chi connectivity index (χ0n) is 16.0. The number of rotatable bonds is 7. The first-order valence-corrected chi connectivity index (χ1v) is 9.63. The standard InChI is InChI=1S/C20H29N3O3/c1-4-20(5-2)9-10-22(14-20)18(24)15-7-8-17-16(13-15)21-19(25)23(17)11-12-26-6-3/h7-8,13H,4-6,9-12,14H2,1-3H3,(H,21,25). The fraction of sp³-hybridized carbons (Fsp3) is 0.600. The molecule has 2 aromatic rings. The van der Waals surface area contributed by atoms with E-state index in [1.807, 2.05) is 24.0 Å². The Kier molecular flexibility index (Phi) is 5.51. The lowest BCUT2D eigenvalue weighted by atomic mass is 9.82. The number of imidazole rings is 1. The summed E-state index contributed by atoms with van der Waals surface area (Å²) in [5, 5.41) is 0. The van der Waals surface area contributed by atoms with E-state index in [9.17, 15) is 9.59 Å². The molecule has 0 saturated carbocycles. The van der Waals surface area contributed by atoms with Crippen LogP contribution < -0.4 is 5.69 Å². The van der Waals surface area contributed by atoms with Gasteiger partial charge in [0.05, 0.1) is 24.2 Å². The second-order valence-corrected chi connectivity index (χ2v) is 7.19. The van der Waals surface area contributed by atoms with Crippen LogP contribution in [0.3, 0.4) is 0 Å². The predicted molar refractivity (Wildman–Crippen MR) is 103 cm³/mol. The third-order valence-electron chi connectivity index (χ3n) is 5.91. The molecule has 1 saturated heterocycles. The minimum absolute atomic E-state index is 0.0543. The molecule has 0 atom stereocenters. The molecule has 1 amide bonds. The van der Waals surface area contributed by atoms with Gasteiger partial charge in [0.2, 0.25) is 0 Å². The fourth-order valence-corrected chi connectivity index (χ4v) is 3.94. The molecule has 3 rings (SSSR count). The second-order valence-electron chi connectivity index (χ2n) is 7.19. The van der Waals surface area contributed by atoms with Crippen LogP contribution in [0.1, 0.15) is 50.4 Å². The van der Waals surface area contributed by atoms with Crippen LogP contribution in [0.2, 0.25) is 0 Å². The van der Waals surface area contributed by atoms with Crippen molar-refractivity contribution in [3.05, 3.63) is 34.2 Å². The molecule has 0 radical (unpaired) electrons. The molecule has 1 fully saturated rings. The van der Waals surface area contributed by atoms with Gasteiger partial charge in [-0.05, 0) is 49.8 Å². The van der Waals surface area contributed by atoms with Gasteiger partial charge in [-0.1, -0.05) is 13.8 Å². The van der Waals surface area contributed by atoms with Gasteiger partial charge in [-0.25, -0.2) is 4.79 Å². The summed E-state index contributed by atoms with van der Waals surface area (Å²) in [6, 6.07) is 5.48. The number of carbonyl (C=O) groups is 1. The van der Waals surface area contributed by atoms with E-state index in [0.29, 0.717) is 30.8 Å². The fourth-order valence-electron chi connectivity index (χ4n) is 3.94. The quantitative estimate of drug-likeness (QED) is 0.773. The topological polar surface area (TPSA) is 67.3 Å². The van der Waals surface area contributed by atoms with Crippen LogP contribution in [-0.2, 0) is 11.3 Å². The molecule has 0 bridgehead atoms. The van der Waals surface area contributed by atoms with E-state index in [0.717, 1.165) is 37.9 Å². The number of nitrogens with zero attached hydrogens (tertiary/aromatic N) is 2. The van der Waals surface area contributed by atoms with Gasteiger partial charge >= 0.3 is 5.69 Å². The van der Waals surface area contributed by atoms with Crippen molar-refractivity contribution in [2.24, 2.45) is 5.41 Å². The van der Waals surface area contributed by atoms with Crippen LogP contribution in [0.15, 0.2) is 23.0 Å². The first kappa shape index (κ1) is 18.7. The van der Waals surface area contributed by atoms with Crippen LogP contribution in [0, 0.1) is 5.41 Å². The maximum atomic E-state index is 12.9. The van der Waals surface area contributed by atoms with Crippen molar-refractivity contribution in [3.8, 4) is 0 Å². The molecule has 1 aliphatic rings. The van der Waals surface area contributed by atoms with Crippen LogP contribution in [0.5, 0.6) is 0 Å². The Morgan fingerprint density at radius 2 is 2.04 bits per heavy atom. The smallest absolute Gasteiger partial charge is 0.326 e. The number of amides is 1. The minimum Gasteiger partial charge on any atom is -0.380 e. The number of ether oxygens (including phenoxy) is 1. The van der Waals surface area contributed by atoms with E-state index in [4.69, 9.17) is 4.74 Å². The summed E-state index contributed by atoms with van der Waals surface area (Å²) in [4.78, 5) is 29.9. The number of likely N-dealkylation sites (tertiary alicyclic amines) is 1. The van der Waals surface area contributed by atoms with Crippen molar-refractivity contribution in [3.63, 3.8) is 0 Å². The van der Waals surface area contributed by atoms with Crippen LogP contribution in [0.4, 0.5) is 0 Å². The minimum atomic E-state index is -0.165. The van der Waals surface area contributed by atoms with E-state index in [-0.39, 0.29) is 17.0 Å². The highest BCUT2D eigenvalue weighted by atomic mass is 16.5. The summed E-state index contributed by atoms with van der Waals surface area (Å²) in [5.74, 6) is 0.0543. The maximum absolute atomic E-state index is 12.9. The van der Waals surface area contributed by atoms with E-state index in [1.54, 1.807) is 10.6 Å². The summed E-state index contributed by atoms with van der Waals surface area (Å²) in [6.45, 7) is 9.60. The van der Waals surface area contributed by atoms with Gasteiger partial charge in [0.15, 0.2) is 0 Å². The number of nitrogens with one attached hydrogen (secondary N) is 1. The van der Waals surface area contributed by atoms with E-state index in [2.05, 4.69) is 18.8 Å². The third-order valence-corrected chi connectivity index (χ3v) is 5.91. The van der Waals surface area contributed by atoms with Crippen LogP contribution in [-0.4, -0.2) is 46.7 Å². The molecule has 2 heterocycles. The van der Waals surface area contributed by atoms with Gasteiger partial charge in [0.25, 0.3) is 5.91 Å². The lowest BCUT2D eigenvalue weighted by Crippen LogP contribution is -2.31. The van der Waals surface area contributed by atoms with Gasteiger partial charge in [0.1, 0.15) is 0 Å². The highest BCUT2D eigenvalue weighted by molar-refractivity contribution is 5.97.